The molecule has 7 nitrogen and oxygen atoms in total. The number of oxazole rings is 1. The van der Waals surface area contributed by atoms with E-state index in [0.29, 0.717) is 36.2 Å². The normalized spacial score (nSPS) is 12.0. The number of alkyl halides is 3. The second kappa shape index (κ2) is 10.7. The van der Waals surface area contributed by atoms with Crippen molar-refractivity contribution >= 4 is 5.96 Å². The van der Waals surface area contributed by atoms with Crippen LogP contribution in [0.25, 0.3) is 11.5 Å². The van der Waals surface area contributed by atoms with Gasteiger partial charge in [-0.2, -0.15) is 13.2 Å². The van der Waals surface area contributed by atoms with Gasteiger partial charge in [0.15, 0.2) is 12.6 Å². The fourth-order valence-corrected chi connectivity index (χ4v) is 2.72. The number of aliphatic imine (C=N–C) groups is 1. The van der Waals surface area contributed by atoms with Gasteiger partial charge in [-0.15, -0.1) is 0 Å². The van der Waals surface area contributed by atoms with Crippen LogP contribution >= 0.6 is 0 Å². The number of hydrogen-bond donors (Lipinski definition) is 2. The zero-order chi connectivity index (χ0) is 23.0. The molecule has 3 aromatic rings. The van der Waals surface area contributed by atoms with Gasteiger partial charge >= 0.3 is 6.18 Å². The van der Waals surface area contributed by atoms with Crippen LogP contribution in [0, 0.1) is 6.92 Å². The molecule has 3 rings (SSSR count). The lowest BCUT2D eigenvalue weighted by Crippen LogP contribution is -2.36. The van der Waals surface area contributed by atoms with Crippen LogP contribution in [0.15, 0.2) is 58.3 Å². The molecule has 0 aliphatic heterocycles. The molecule has 2 heterocycles. The van der Waals surface area contributed by atoms with E-state index >= 15 is 0 Å². The van der Waals surface area contributed by atoms with Crippen molar-refractivity contribution in [3.05, 3.63) is 65.7 Å². The van der Waals surface area contributed by atoms with Crippen LogP contribution in [0.3, 0.4) is 0 Å². The molecule has 10 heteroatoms. The molecule has 0 saturated carbocycles. The van der Waals surface area contributed by atoms with Crippen LogP contribution in [0.1, 0.15) is 23.7 Å². The van der Waals surface area contributed by atoms with Crippen LogP contribution in [-0.2, 0) is 13.1 Å². The second-order valence-electron chi connectivity index (χ2n) is 6.93. The molecule has 2 N–H and O–H groups in total. The van der Waals surface area contributed by atoms with Crippen molar-refractivity contribution in [2.45, 2.75) is 33.1 Å². The summed E-state index contributed by atoms with van der Waals surface area (Å²) in [5.74, 6) is 0.896. The molecule has 0 fully saturated rings. The standard InChI is InChI=1S/C22H24F3N5O2/c1-3-26-21(28-11-17-5-4-10-27-19(17)32-14-22(23,24)25)29-12-18-13-31-20(30-18)16-8-6-15(2)7-9-16/h4-10,13H,3,11-12,14H2,1-2H3,(H2,26,28,29). The van der Waals surface area contributed by atoms with Crippen LogP contribution in [0.5, 0.6) is 5.88 Å². The van der Waals surface area contributed by atoms with Gasteiger partial charge in [0.2, 0.25) is 11.8 Å². The van der Waals surface area contributed by atoms with Gasteiger partial charge < -0.3 is 19.8 Å². The molecule has 170 valence electrons. The Labute approximate surface area is 183 Å². The second-order valence-corrected chi connectivity index (χ2v) is 6.93. The van der Waals surface area contributed by atoms with Crippen LogP contribution < -0.4 is 15.4 Å². The predicted octanol–water partition coefficient (Wildman–Crippen LogP) is 4.24. The molecule has 1 aromatic carbocycles. The molecule has 2 aromatic heterocycles. The zero-order valence-corrected chi connectivity index (χ0v) is 17.7. The van der Waals surface area contributed by atoms with Crippen molar-refractivity contribution in [1.82, 2.24) is 20.6 Å². The van der Waals surface area contributed by atoms with Crippen molar-refractivity contribution in [1.29, 1.82) is 0 Å². The Morgan fingerprint density at radius 1 is 1.16 bits per heavy atom. The summed E-state index contributed by atoms with van der Waals surface area (Å²) in [6, 6.07) is 11.1. The molecular weight excluding hydrogens is 423 g/mol. The number of hydrogen-bond acceptors (Lipinski definition) is 5. The van der Waals surface area contributed by atoms with Gasteiger partial charge in [-0.3, -0.25) is 0 Å². The minimum Gasteiger partial charge on any atom is -0.468 e. The molecule has 0 saturated heterocycles. The first-order valence-corrected chi connectivity index (χ1v) is 10.0. The van der Waals surface area contributed by atoms with Crippen molar-refractivity contribution in [2.75, 3.05) is 13.2 Å². The maximum absolute atomic E-state index is 12.5. The third kappa shape index (κ3) is 7.00. The molecule has 0 radical (unpaired) electrons. The van der Waals surface area contributed by atoms with E-state index in [0.717, 1.165) is 11.1 Å². The number of nitrogens with zero attached hydrogens (tertiary/aromatic N) is 3. The zero-order valence-electron chi connectivity index (χ0n) is 17.7. The van der Waals surface area contributed by atoms with Gasteiger partial charge in [0.25, 0.3) is 0 Å². The van der Waals surface area contributed by atoms with Crippen molar-refractivity contribution < 1.29 is 22.3 Å². The number of benzene rings is 1. The molecule has 0 atom stereocenters. The average molecular weight is 447 g/mol. The third-order valence-electron chi connectivity index (χ3n) is 4.26. The summed E-state index contributed by atoms with van der Waals surface area (Å²) in [5, 5.41) is 6.21. The molecule has 0 unspecified atom stereocenters. The summed E-state index contributed by atoms with van der Waals surface area (Å²) >= 11 is 0. The van der Waals surface area contributed by atoms with Gasteiger partial charge in [-0.25, -0.2) is 15.0 Å². The quantitative estimate of drug-likeness (QED) is 0.397. The van der Waals surface area contributed by atoms with Gasteiger partial charge in [0.1, 0.15) is 6.26 Å². The number of guanidine groups is 1. The van der Waals surface area contributed by atoms with E-state index in [2.05, 4.69) is 25.6 Å². The SMILES string of the molecule is CCNC(=NCc1cccnc1OCC(F)(F)F)NCc1coc(-c2ccc(C)cc2)n1. The molecule has 0 bridgehead atoms. The number of rotatable bonds is 8. The number of aromatic nitrogens is 2. The summed E-state index contributed by atoms with van der Waals surface area (Å²) in [6.07, 6.45) is -1.50. The third-order valence-corrected chi connectivity index (χ3v) is 4.26. The van der Waals surface area contributed by atoms with Crippen molar-refractivity contribution in [3.63, 3.8) is 0 Å². The molecule has 0 amide bonds. The lowest BCUT2D eigenvalue weighted by Gasteiger charge is -2.12. The molecular formula is C22H24F3N5O2. The number of ether oxygens (including phenoxy) is 1. The van der Waals surface area contributed by atoms with E-state index in [9.17, 15) is 13.2 Å². The highest BCUT2D eigenvalue weighted by Gasteiger charge is 2.29. The van der Waals surface area contributed by atoms with E-state index in [1.807, 2.05) is 38.1 Å². The number of nitrogens with one attached hydrogen (secondary N) is 2. The summed E-state index contributed by atoms with van der Waals surface area (Å²) in [4.78, 5) is 12.8. The molecule has 0 spiro atoms. The minimum absolute atomic E-state index is 0.0871. The number of pyridine rings is 1. The first-order valence-electron chi connectivity index (χ1n) is 10.0. The summed E-state index contributed by atoms with van der Waals surface area (Å²) in [5.41, 5.74) is 3.15. The highest BCUT2D eigenvalue weighted by atomic mass is 19.4. The van der Waals surface area contributed by atoms with Crippen LogP contribution in [-0.4, -0.2) is 35.3 Å². The Morgan fingerprint density at radius 2 is 1.94 bits per heavy atom. The largest absolute Gasteiger partial charge is 0.468 e. The minimum atomic E-state index is -4.44. The Kier molecular flexibility index (Phi) is 7.69. The Morgan fingerprint density at radius 3 is 2.66 bits per heavy atom. The topological polar surface area (TPSA) is 84.6 Å². The van der Waals surface area contributed by atoms with E-state index in [4.69, 9.17) is 9.15 Å². The smallest absolute Gasteiger partial charge is 0.422 e. The molecule has 0 aliphatic carbocycles. The summed E-state index contributed by atoms with van der Waals surface area (Å²) in [6.45, 7) is 3.55. The monoisotopic (exact) mass is 447 g/mol. The maximum Gasteiger partial charge on any atom is 0.422 e. The predicted molar refractivity (Wildman–Crippen MR) is 114 cm³/mol. The maximum atomic E-state index is 12.5. The Balaban J connectivity index is 1.63. The number of halogens is 3. The number of aryl methyl sites for hydroxylation is 1. The van der Waals surface area contributed by atoms with Gasteiger partial charge in [0.05, 0.1) is 18.8 Å². The van der Waals surface area contributed by atoms with Crippen molar-refractivity contribution in [2.24, 2.45) is 4.99 Å². The molecule has 32 heavy (non-hydrogen) atoms. The average Bonchev–Trinajstić information content (AvgIpc) is 3.24. The first-order chi connectivity index (χ1) is 15.3. The van der Waals surface area contributed by atoms with E-state index < -0.39 is 12.8 Å². The fourth-order valence-electron chi connectivity index (χ4n) is 2.72. The summed E-state index contributed by atoms with van der Waals surface area (Å²) < 4.78 is 47.7. The van der Waals surface area contributed by atoms with Crippen LogP contribution in [0.2, 0.25) is 0 Å². The van der Waals surface area contributed by atoms with E-state index in [1.54, 1.807) is 18.4 Å². The van der Waals surface area contributed by atoms with Crippen LogP contribution in [0.4, 0.5) is 13.2 Å². The fraction of sp³-hybridized carbons (Fsp3) is 0.318. The Hall–Kier alpha value is -3.56. The van der Waals surface area contributed by atoms with Gasteiger partial charge in [-0.1, -0.05) is 23.8 Å². The lowest BCUT2D eigenvalue weighted by molar-refractivity contribution is -0.154. The van der Waals surface area contributed by atoms with E-state index in [-0.39, 0.29) is 12.4 Å². The first kappa shape index (κ1) is 23.1. The van der Waals surface area contributed by atoms with Gasteiger partial charge in [-0.05, 0) is 32.0 Å². The van der Waals surface area contributed by atoms with E-state index in [1.165, 1.54) is 6.20 Å². The lowest BCUT2D eigenvalue weighted by atomic mass is 10.1. The van der Waals surface area contributed by atoms with Gasteiger partial charge in [0, 0.05) is 23.9 Å². The Bertz CT molecular complexity index is 1030. The molecule has 0 aliphatic rings. The summed E-state index contributed by atoms with van der Waals surface area (Å²) in [7, 11) is 0. The highest BCUT2D eigenvalue weighted by Crippen LogP contribution is 2.21. The van der Waals surface area contributed by atoms with Crippen molar-refractivity contribution in [3.8, 4) is 17.3 Å². The highest BCUT2D eigenvalue weighted by molar-refractivity contribution is 5.79.